The minimum atomic E-state index is -0.619. The maximum Gasteiger partial charge on any atom is 0.310 e. The molecule has 1 aliphatic carbocycles. The number of nitrogens with one attached hydrogen (secondary N) is 1. The number of hydrogen-bond donors (Lipinski definition) is 1. The second-order valence-electron chi connectivity index (χ2n) is 6.71. The minimum absolute atomic E-state index is 0.0197. The van der Waals surface area contributed by atoms with Gasteiger partial charge in [0.1, 0.15) is 5.82 Å². The molecule has 1 amide bonds. The number of halogens is 1. The van der Waals surface area contributed by atoms with Crippen LogP contribution in [0.5, 0.6) is 0 Å². The van der Waals surface area contributed by atoms with Gasteiger partial charge in [-0.05, 0) is 30.0 Å². The van der Waals surface area contributed by atoms with Crippen molar-refractivity contribution in [2.24, 2.45) is 0 Å². The second-order valence-corrected chi connectivity index (χ2v) is 6.71. The third kappa shape index (κ3) is 4.28. The van der Waals surface area contributed by atoms with Crippen LogP contribution in [0.3, 0.4) is 0 Å². The molecule has 0 saturated heterocycles. The zero-order valence-corrected chi connectivity index (χ0v) is 14.5. The van der Waals surface area contributed by atoms with Gasteiger partial charge in [-0.3, -0.25) is 9.59 Å². The van der Waals surface area contributed by atoms with Crippen molar-refractivity contribution in [1.82, 2.24) is 5.32 Å². The molecule has 0 aliphatic heterocycles. The fourth-order valence-electron chi connectivity index (χ4n) is 3.28. The van der Waals surface area contributed by atoms with Crippen LogP contribution in [-0.4, -0.2) is 25.0 Å². The SMILES string of the molecule is O=C(COC(=O)Cc1ccccc1F)NCC1(c2ccccc2)CCC1. The number of hydrogen-bond acceptors (Lipinski definition) is 3. The van der Waals surface area contributed by atoms with Gasteiger partial charge in [-0.25, -0.2) is 4.39 Å². The highest BCUT2D eigenvalue weighted by Crippen LogP contribution is 2.43. The van der Waals surface area contributed by atoms with Gasteiger partial charge in [-0.2, -0.15) is 0 Å². The van der Waals surface area contributed by atoms with Crippen molar-refractivity contribution in [3.63, 3.8) is 0 Å². The molecule has 0 spiro atoms. The lowest BCUT2D eigenvalue weighted by Crippen LogP contribution is -2.46. The topological polar surface area (TPSA) is 55.4 Å². The smallest absolute Gasteiger partial charge is 0.310 e. The Morgan fingerprint density at radius 2 is 1.73 bits per heavy atom. The Balaban J connectivity index is 1.46. The molecule has 136 valence electrons. The summed E-state index contributed by atoms with van der Waals surface area (Å²) in [6.45, 7) is 0.179. The molecule has 0 aromatic heterocycles. The number of esters is 1. The van der Waals surface area contributed by atoms with Gasteiger partial charge in [-0.15, -0.1) is 0 Å². The van der Waals surface area contributed by atoms with E-state index in [1.54, 1.807) is 12.1 Å². The summed E-state index contributed by atoms with van der Waals surface area (Å²) in [6, 6.07) is 16.2. The Labute approximate surface area is 152 Å². The number of amides is 1. The summed E-state index contributed by atoms with van der Waals surface area (Å²) in [5, 5.41) is 2.86. The van der Waals surface area contributed by atoms with Gasteiger partial charge in [0, 0.05) is 12.0 Å². The summed E-state index contributed by atoms with van der Waals surface area (Å²) in [4.78, 5) is 23.8. The van der Waals surface area contributed by atoms with Crippen LogP contribution in [-0.2, 0) is 26.2 Å². The van der Waals surface area contributed by atoms with Gasteiger partial charge in [0.25, 0.3) is 5.91 Å². The van der Waals surface area contributed by atoms with E-state index in [-0.39, 0.29) is 29.9 Å². The average Bonchev–Trinajstić information content (AvgIpc) is 2.62. The van der Waals surface area contributed by atoms with Crippen molar-refractivity contribution >= 4 is 11.9 Å². The summed E-state index contributed by atoms with van der Waals surface area (Å²) < 4.78 is 18.5. The third-order valence-electron chi connectivity index (χ3n) is 4.98. The van der Waals surface area contributed by atoms with Crippen LogP contribution in [0.15, 0.2) is 54.6 Å². The monoisotopic (exact) mass is 355 g/mol. The van der Waals surface area contributed by atoms with Crippen LogP contribution < -0.4 is 5.32 Å². The summed E-state index contributed by atoms with van der Waals surface area (Å²) in [6.07, 6.45) is 3.02. The van der Waals surface area contributed by atoms with Crippen molar-refractivity contribution in [3.8, 4) is 0 Å². The largest absolute Gasteiger partial charge is 0.455 e. The van der Waals surface area contributed by atoms with E-state index in [1.165, 1.54) is 17.7 Å². The number of carbonyl (C=O) groups excluding carboxylic acids is 2. The lowest BCUT2D eigenvalue weighted by molar-refractivity contribution is -0.148. The van der Waals surface area contributed by atoms with E-state index < -0.39 is 11.8 Å². The number of ether oxygens (including phenoxy) is 1. The molecular weight excluding hydrogens is 333 g/mol. The predicted molar refractivity (Wildman–Crippen MR) is 96.0 cm³/mol. The quantitative estimate of drug-likeness (QED) is 0.777. The van der Waals surface area contributed by atoms with Crippen molar-refractivity contribution in [3.05, 3.63) is 71.5 Å². The first kappa shape index (κ1) is 18.1. The molecule has 3 rings (SSSR count). The van der Waals surface area contributed by atoms with Crippen molar-refractivity contribution in [2.45, 2.75) is 31.1 Å². The fourth-order valence-corrected chi connectivity index (χ4v) is 3.28. The van der Waals surface area contributed by atoms with E-state index in [1.807, 2.05) is 18.2 Å². The van der Waals surface area contributed by atoms with E-state index in [2.05, 4.69) is 17.4 Å². The number of rotatable bonds is 7. The molecule has 1 aliphatic rings. The van der Waals surface area contributed by atoms with Crippen LogP contribution >= 0.6 is 0 Å². The summed E-state index contributed by atoms with van der Waals surface area (Å²) in [5.74, 6) is -1.41. The molecular formula is C21H22FNO3. The summed E-state index contributed by atoms with van der Waals surface area (Å²) in [7, 11) is 0. The molecule has 1 fully saturated rings. The molecule has 26 heavy (non-hydrogen) atoms. The van der Waals surface area contributed by atoms with Crippen molar-refractivity contribution < 1.29 is 18.7 Å². The molecule has 2 aromatic rings. The fraction of sp³-hybridized carbons (Fsp3) is 0.333. The van der Waals surface area contributed by atoms with E-state index >= 15 is 0 Å². The maximum atomic E-state index is 13.5. The molecule has 0 radical (unpaired) electrons. The van der Waals surface area contributed by atoms with Crippen LogP contribution in [0.1, 0.15) is 30.4 Å². The van der Waals surface area contributed by atoms with Gasteiger partial charge < -0.3 is 10.1 Å². The first-order chi connectivity index (χ1) is 12.6. The third-order valence-corrected chi connectivity index (χ3v) is 4.98. The number of benzene rings is 2. The first-order valence-corrected chi connectivity index (χ1v) is 8.80. The summed E-state index contributed by atoms with van der Waals surface area (Å²) >= 11 is 0. The Kier molecular flexibility index (Phi) is 5.66. The van der Waals surface area contributed by atoms with Crippen LogP contribution in [0.4, 0.5) is 4.39 Å². The summed E-state index contributed by atoms with van der Waals surface area (Å²) in [5.41, 5.74) is 1.46. The molecule has 0 bridgehead atoms. The molecule has 4 nitrogen and oxygen atoms in total. The molecule has 2 aromatic carbocycles. The van der Waals surface area contributed by atoms with Crippen LogP contribution in [0.2, 0.25) is 0 Å². The van der Waals surface area contributed by atoms with E-state index in [9.17, 15) is 14.0 Å². The number of carbonyl (C=O) groups is 2. The van der Waals surface area contributed by atoms with Gasteiger partial charge in [0.05, 0.1) is 6.42 Å². The van der Waals surface area contributed by atoms with E-state index in [0.29, 0.717) is 6.54 Å². The van der Waals surface area contributed by atoms with Crippen molar-refractivity contribution in [2.75, 3.05) is 13.2 Å². The highest BCUT2D eigenvalue weighted by Gasteiger charge is 2.38. The van der Waals surface area contributed by atoms with Gasteiger partial charge in [-0.1, -0.05) is 55.0 Å². The molecule has 5 heteroatoms. The van der Waals surface area contributed by atoms with Gasteiger partial charge >= 0.3 is 5.97 Å². The molecule has 1 N–H and O–H groups in total. The maximum absolute atomic E-state index is 13.5. The van der Waals surface area contributed by atoms with Crippen molar-refractivity contribution in [1.29, 1.82) is 0 Å². The standard InChI is InChI=1S/C21H22FNO3/c22-18-10-5-4-7-16(18)13-20(25)26-14-19(24)23-15-21(11-6-12-21)17-8-2-1-3-9-17/h1-5,7-10H,6,11-15H2,(H,23,24). The second kappa shape index (κ2) is 8.13. The lowest BCUT2D eigenvalue weighted by atomic mass is 9.64. The van der Waals surface area contributed by atoms with E-state index in [0.717, 1.165) is 19.3 Å². The molecule has 0 heterocycles. The Morgan fingerprint density at radius 1 is 1.04 bits per heavy atom. The van der Waals surface area contributed by atoms with Crippen LogP contribution in [0, 0.1) is 5.82 Å². The Bertz CT molecular complexity index is 772. The molecule has 1 saturated carbocycles. The zero-order chi connectivity index (χ0) is 18.4. The Morgan fingerprint density at radius 3 is 2.38 bits per heavy atom. The zero-order valence-electron chi connectivity index (χ0n) is 14.5. The van der Waals surface area contributed by atoms with Gasteiger partial charge in [0.15, 0.2) is 6.61 Å². The molecule has 0 unspecified atom stereocenters. The van der Waals surface area contributed by atoms with Crippen LogP contribution in [0.25, 0.3) is 0 Å². The normalized spacial score (nSPS) is 15.0. The Hall–Kier alpha value is -2.69. The first-order valence-electron chi connectivity index (χ1n) is 8.80. The van der Waals surface area contributed by atoms with E-state index in [4.69, 9.17) is 4.74 Å². The minimum Gasteiger partial charge on any atom is -0.455 e. The highest BCUT2D eigenvalue weighted by molar-refractivity contribution is 5.81. The predicted octanol–water partition coefficient (Wildman–Crippen LogP) is 3.15. The lowest BCUT2D eigenvalue weighted by Gasteiger charge is -2.42. The highest BCUT2D eigenvalue weighted by atomic mass is 19.1. The molecule has 0 atom stereocenters. The van der Waals surface area contributed by atoms with Gasteiger partial charge in [0.2, 0.25) is 0 Å². The average molecular weight is 355 g/mol.